The SMILES string of the molecule is CN1CC(=O)N(c2cccc(F)c2)C[C@]12CCN(S(=O)(=O)c1ccccc1)C2. The number of sulfonamides is 1. The molecule has 2 aromatic carbocycles. The monoisotopic (exact) mass is 403 g/mol. The Morgan fingerprint density at radius 3 is 2.50 bits per heavy atom. The van der Waals surface area contributed by atoms with E-state index < -0.39 is 21.4 Å². The first-order chi connectivity index (χ1) is 13.3. The molecule has 2 saturated heterocycles. The summed E-state index contributed by atoms with van der Waals surface area (Å²) in [5.74, 6) is -0.527. The number of carbonyl (C=O) groups is 1. The van der Waals surface area contributed by atoms with Crippen LogP contribution < -0.4 is 4.90 Å². The molecular weight excluding hydrogens is 381 g/mol. The Morgan fingerprint density at radius 2 is 1.79 bits per heavy atom. The van der Waals surface area contributed by atoms with Gasteiger partial charge in [0.05, 0.1) is 17.0 Å². The number of hydrogen-bond acceptors (Lipinski definition) is 4. The van der Waals surface area contributed by atoms with Gasteiger partial charge in [0.2, 0.25) is 15.9 Å². The summed E-state index contributed by atoms with van der Waals surface area (Å²) in [6.07, 6.45) is 0.606. The number of hydrogen-bond donors (Lipinski definition) is 0. The van der Waals surface area contributed by atoms with Crippen LogP contribution in [0.15, 0.2) is 59.5 Å². The van der Waals surface area contributed by atoms with Crippen LogP contribution in [-0.2, 0) is 14.8 Å². The Morgan fingerprint density at radius 1 is 1.04 bits per heavy atom. The van der Waals surface area contributed by atoms with Crippen LogP contribution in [-0.4, -0.2) is 62.3 Å². The highest BCUT2D eigenvalue weighted by atomic mass is 32.2. The molecule has 2 aromatic rings. The van der Waals surface area contributed by atoms with Gasteiger partial charge in [-0.05, 0) is 43.8 Å². The van der Waals surface area contributed by atoms with E-state index in [1.54, 1.807) is 47.4 Å². The normalized spacial score (nSPS) is 24.2. The van der Waals surface area contributed by atoms with Crippen LogP contribution in [0.4, 0.5) is 10.1 Å². The summed E-state index contributed by atoms with van der Waals surface area (Å²) in [6.45, 7) is 1.16. The molecule has 0 bridgehead atoms. The molecule has 6 nitrogen and oxygen atoms in total. The van der Waals surface area contributed by atoms with Crippen molar-refractivity contribution in [3.63, 3.8) is 0 Å². The number of benzene rings is 2. The third-order valence-corrected chi connectivity index (χ3v) is 7.59. The largest absolute Gasteiger partial charge is 0.309 e. The van der Waals surface area contributed by atoms with E-state index in [0.29, 0.717) is 31.7 Å². The average molecular weight is 403 g/mol. The lowest BCUT2D eigenvalue weighted by atomic mass is 9.92. The minimum atomic E-state index is -3.60. The summed E-state index contributed by atoms with van der Waals surface area (Å²) in [5.41, 5.74) is 0.00377. The maximum atomic E-state index is 13.7. The number of likely N-dealkylation sites (N-methyl/N-ethyl adjacent to an activating group) is 1. The van der Waals surface area contributed by atoms with E-state index >= 15 is 0 Å². The van der Waals surface area contributed by atoms with Gasteiger partial charge >= 0.3 is 0 Å². The first-order valence-corrected chi connectivity index (χ1v) is 10.6. The van der Waals surface area contributed by atoms with Crippen LogP contribution in [0.25, 0.3) is 0 Å². The third kappa shape index (κ3) is 3.21. The molecule has 28 heavy (non-hydrogen) atoms. The summed E-state index contributed by atoms with van der Waals surface area (Å²) in [7, 11) is -1.75. The van der Waals surface area contributed by atoms with Crippen molar-refractivity contribution in [1.29, 1.82) is 0 Å². The highest BCUT2D eigenvalue weighted by Crippen LogP contribution is 2.35. The van der Waals surface area contributed by atoms with Crippen LogP contribution in [0.5, 0.6) is 0 Å². The molecule has 1 spiro atoms. The molecule has 0 N–H and O–H groups in total. The second kappa shape index (κ2) is 6.95. The van der Waals surface area contributed by atoms with Crippen LogP contribution >= 0.6 is 0 Å². The van der Waals surface area contributed by atoms with Gasteiger partial charge in [0, 0.05) is 25.3 Å². The molecule has 0 saturated carbocycles. The fraction of sp³-hybridized carbons (Fsp3) is 0.350. The van der Waals surface area contributed by atoms with Crippen LogP contribution in [0, 0.1) is 5.82 Å². The van der Waals surface area contributed by atoms with E-state index in [-0.39, 0.29) is 17.3 Å². The van der Waals surface area contributed by atoms with Crippen molar-refractivity contribution in [1.82, 2.24) is 9.21 Å². The number of nitrogens with zero attached hydrogens (tertiary/aromatic N) is 3. The van der Waals surface area contributed by atoms with E-state index in [2.05, 4.69) is 0 Å². The molecule has 2 aliphatic heterocycles. The predicted molar refractivity (Wildman–Crippen MR) is 104 cm³/mol. The molecule has 1 amide bonds. The highest BCUT2D eigenvalue weighted by molar-refractivity contribution is 7.89. The van der Waals surface area contributed by atoms with Gasteiger partial charge < -0.3 is 4.90 Å². The van der Waals surface area contributed by atoms with Gasteiger partial charge in [-0.1, -0.05) is 24.3 Å². The summed E-state index contributed by atoms with van der Waals surface area (Å²) >= 11 is 0. The van der Waals surface area contributed by atoms with Crippen LogP contribution in [0.2, 0.25) is 0 Å². The molecular formula is C20H22FN3O3S. The van der Waals surface area contributed by atoms with Gasteiger partial charge in [-0.25, -0.2) is 12.8 Å². The van der Waals surface area contributed by atoms with Crippen molar-refractivity contribution >= 4 is 21.6 Å². The molecule has 0 aliphatic carbocycles. The minimum Gasteiger partial charge on any atom is -0.309 e. The zero-order valence-electron chi connectivity index (χ0n) is 15.6. The lowest BCUT2D eigenvalue weighted by molar-refractivity contribution is -0.123. The lowest BCUT2D eigenvalue weighted by Gasteiger charge is -2.46. The lowest BCUT2D eigenvalue weighted by Crippen LogP contribution is -2.64. The Balaban J connectivity index is 1.62. The van der Waals surface area contributed by atoms with Gasteiger partial charge in [0.15, 0.2) is 0 Å². The summed E-state index contributed by atoms with van der Waals surface area (Å²) in [6, 6.07) is 14.3. The second-order valence-corrected chi connectivity index (χ2v) is 9.38. The van der Waals surface area contributed by atoms with Crippen molar-refractivity contribution in [2.45, 2.75) is 16.9 Å². The van der Waals surface area contributed by atoms with E-state index in [1.807, 2.05) is 11.9 Å². The van der Waals surface area contributed by atoms with Gasteiger partial charge in [-0.2, -0.15) is 4.31 Å². The average Bonchev–Trinajstić information content (AvgIpc) is 3.12. The van der Waals surface area contributed by atoms with Gasteiger partial charge in [0.25, 0.3) is 0 Å². The Labute approximate surface area is 164 Å². The first kappa shape index (κ1) is 19.0. The standard InChI is InChI=1S/C20H22FN3O3S/c1-22-13-19(25)24(17-7-5-6-16(21)12-17)15-20(22)10-11-23(14-20)28(26,27)18-8-3-2-4-9-18/h2-9,12H,10-11,13-15H2,1H3/t20-/m1/s1. The maximum absolute atomic E-state index is 13.7. The Hall–Kier alpha value is -2.29. The van der Waals surface area contributed by atoms with Gasteiger partial charge in [-0.3, -0.25) is 9.69 Å². The summed E-state index contributed by atoms with van der Waals surface area (Å²) < 4.78 is 41.2. The zero-order valence-corrected chi connectivity index (χ0v) is 16.4. The van der Waals surface area contributed by atoms with Crippen LogP contribution in [0.1, 0.15) is 6.42 Å². The van der Waals surface area contributed by atoms with E-state index in [0.717, 1.165) is 0 Å². The zero-order chi connectivity index (χ0) is 19.9. The number of amides is 1. The van der Waals surface area contributed by atoms with E-state index in [4.69, 9.17) is 0 Å². The predicted octanol–water partition coefficient (Wildman–Crippen LogP) is 1.94. The summed E-state index contributed by atoms with van der Waals surface area (Å²) in [4.78, 5) is 16.4. The number of carbonyl (C=O) groups excluding carboxylic acids is 1. The number of halogens is 1. The second-order valence-electron chi connectivity index (χ2n) is 7.44. The first-order valence-electron chi connectivity index (χ1n) is 9.14. The van der Waals surface area contributed by atoms with Crippen molar-refractivity contribution in [3.05, 3.63) is 60.4 Å². The topological polar surface area (TPSA) is 60.9 Å². The van der Waals surface area contributed by atoms with Crippen molar-refractivity contribution in [2.24, 2.45) is 0 Å². The molecule has 8 heteroatoms. The molecule has 0 aromatic heterocycles. The van der Waals surface area contributed by atoms with Crippen molar-refractivity contribution in [2.75, 3.05) is 38.1 Å². The third-order valence-electron chi connectivity index (χ3n) is 5.73. The molecule has 2 heterocycles. The van der Waals surface area contributed by atoms with Gasteiger partial charge in [-0.15, -0.1) is 0 Å². The Kier molecular flexibility index (Phi) is 4.73. The minimum absolute atomic E-state index is 0.122. The van der Waals surface area contributed by atoms with Crippen LogP contribution in [0.3, 0.4) is 0 Å². The van der Waals surface area contributed by atoms with Gasteiger partial charge in [0.1, 0.15) is 5.82 Å². The number of anilines is 1. The fourth-order valence-corrected chi connectivity index (χ4v) is 5.59. The number of rotatable bonds is 3. The number of piperazine rings is 1. The van der Waals surface area contributed by atoms with E-state index in [1.165, 1.54) is 16.4 Å². The Bertz CT molecular complexity index is 999. The molecule has 2 fully saturated rings. The van der Waals surface area contributed by atoms with E-state index in [9.17, 15) is 17.6 Å². The highest BCUT2D eigenvalue weighted by Gasteiger charge is 2.50. The van der Waals surface area contributed by atoms with Crippen molar-refractivity contribution in [3.8, 4) is 0 Å². The molecule has 148 valence electrons. The molecule has 1 atom stereocenters. The molecule has 0 radical (unpaired) electrons. The molecule has 2 aliphatic rings. The fourth-order valence-electron chi connectivity index (χ4n) is 4.04. The maximum Gasteiger partial charge on any atom is 0.243 e. The molecule has 4 rings (SSSR count). The summed E-state index contributed by atoms with van der Waals surface area (Å²) in [5, 5.41) is 0. The molecule has 0 unspecified atom stereocenters. The quantitative estimate of drug-likeness (QED) is 0.786. The van der Waals surface area contributed by atoms with Crippen molar-refractivity contribution < 1.29 is 17.6 Å². The smallest absolute Gasteiger partial charge is 0.243 e.